The Bertz CT molecular complexity index is 575. The van der Waals surface area contributed by atoms with E-state index in [1.807, 2.05) is 38.1 Å². The minimum Gasteiger partial charge on any atom is -0.382 e. The number of ether oxygens (including phenoxy) is 1. The summed E-state index contributed by atoms with van der Waals surface area (Å²) in [5.74, 6) is -0.0284. The highest BCUT2D eigenvalue weighted by atomic mass is 16.5. The van der Waals surface area contributed by atoms with Gasteiger partial charge in [0.2, 0.25) is 5.76 Å². The lowest BCUT2D eigenvalue weighted by atomic mass is 10.1. The molecule has 0 aliphatic heterocycles. The highest BCUT2D eigenvalue weighted by molar-refractivity contribution is 5.92. The predicted octanol–water partition coefficient (Wildman–Crippen LogP) is 2.81. The Morgan fingerprint density at radius 2 is 2.10 bits per heavy atom. The van der Waals surface area contributed by atoms with Crippen molar-refractivity contribution in [3.8, 4) is 11.3 Å². The summed E-state index contributed by atoms with van der Waals surface area (Å²) < 4.78 is 10.3. The zero-order chi connectivity index (χ0) is 15.1. The van der Waals surface area contributed by atoms with E-state index in [-0.39, 0.29) is 11.7 Å². The van der Waals surface area contributed by atoms with Gasteiger partial charge in [0.15, 0.2) is 0 Å². The Kier molecular flexibility index (Phi) is 5.51. The summed E-state index contributed by atoms with van der Waals surface area (Å²) in [7, 11) is 0. The molecule has 0 fully saturated rings. The number of aryl methyl sites for hydroxylation is 1. The molecule has 112 valence electrons. The molecule has 0 bridgehead atoms. The van der Waals surface area contributed by atoms with Gasteiger partial charge in [0, 0.05) is 31.4 Å². The smallest absolute Gasteiger partial charge is 0.289 e. The van der Waals surface area contributed by atoms with Crippen molar-refractivity contribution in [2.24, 2.45) is 0 Å². The average Bonchev–Trinajstić information content (AvgIpc) is 2.97. The highest BCUT2D eigenvalue weighted by Crippen LogP contribution is 2.19. The minimum absolute atomic E-state index is 0.224. The molecule has 0 spiro atoms. The molecule has 0 saturated carbocycles. The lowest BCUT2D eigenvalue weighted by Crippen LogP contribution is -2.24. The summed E-state index contributed by atoms with van der Waals surface area (Å²) in [4.78, 5) is 11.9. The number of carbonyl (C=O) groups excluding carboxylic acids is 1. The Balaban J connectivity index is 1.90. The minimum atomic E-state index is -0.252. The number of aromatic nitrogens is 1. The van der Waals surface area contributed by atoms with Crippen molar-refractivity contribution in [3.63, 3.8) is 0 Å². The molecular formula is C16H20N2O3. The first-order valence-electron chi connectivity index (χ1n) is 7.10. The van der Waals surface area contributed by atoms with Gasteiger partial charge in [-0.3, -0.25) is 4.79 Å². The number of nitrogens with zero attached hydrogens (tertiary/aromatic N) is 1. The van der Waals surface area contributed by atoms with Crippen LogP contribution in [0.2, 0.25) is 0 Å². The fourth-order valence-electron chi connectivity index (χ4n) is 1.85. The van der Waals surface area contributed by atoms with E-state index in [0.717, 1.165) is 12.0 Å². The quantitative estimate of drug-likeness (QED) is 0.796. The number of carbonyl (C=O) groups is 1. The summed E-state index contributed by atoms with van der Waals surface area (Å²) in [5, 5.41) is 6.71. The van der Waals surface area contributed by atoms with E-state index in [9.17, 15) is 4.79 Å². The maximum absolute atomic E-state index is 11.9. The van der Waals surface area contributed by atoms with Crippen LogP contribution in [0.3, 0.4) is 0 Å². The SMILES string of the molecule is CCOCCCNC(=O)c1cc(-c2ccc(C)cc2)no1. The molecular weight excluding hydrogens is 268 g/mol. The number of nitrogens with one attached hydrogen (secondary N) is 1. The van der Waals surface area contributed by atoms with Gasteiger partial charge in [-0.2, -0.15) is 0 Å². The second kappa shape index (κ2) is 7.59. The Hall–Kier alpha value is -2.14. The molecule has 0 saturated heterocycles. The van der Waals surface area contributed by atoms with Crippen LogP contribution in [0.5, 0.6) is 0 Å². The summed E-state index contributed by atoms with van der Waals surface area (Å²) in [6, 6.07) is 9.56. The van der Waals surface area contributed by atoms with Gasteiger partial charge < -0.3 is 14.6 Å². The van der Waals surface area contributed by atoms with Crippen LogP contribution in [0.1, 0.15) is 29.5 Å². The number of amides is 1. The normalized spacial score (nSPS) is 10.6. The van der Waals surface area contributed by atoms with Crippen LogP contribution in [0.25, 0.3) is 11.3 Å². The largest absolute Gasteiger partial charge is 0.382 e. The van der Waals surface area contributed by atoms with Crippen LogP contribution in [0.15, 0.2) is 34.9 Å². The topological polar surface area (TPSA) is 64.4 Å². The molecule has 2 aromatic rings. The highest BCUT2D eigenvalue weighted by Gasteiger charge is 2.13. The maximum Gasteiger partial charge on any atom is 0.289 e. The molecule has 1 N–H and O–H groups in total. The van der Waals surface area contributed by atoms with Gasteiger partial charge in [0.05, 0.1) is 0 Å². The van der Waals surface area contributed by atoms with Crippen LogP contribution in [0.4, 0.5) is 0 Å². The van der Waals surface area contributed by atoms with E-state index in [0.29, 0.717) is 25.5 Å². The van der Waals surface area contributed by atoms with Crippen LogP contribution in [-0.2, 0) is 4.74 Å². The molecule has 1 heterocycles. The van der Waals surface area contributed by atoms with Crippen LogP contribution in [0, 0.1) is 6.92 Å². The van der Waals surface area contributed by atoms with Gasteiger partial charge in [0.25, 0.3) is 5.91 Å². The van der Waals surface area contributed by atoms with E-state index in [2.05, 4.69) is 10.5 Å². The summed E-state index contributed by atoms with van der Waals surface area (Å²) in [5.41, 5.74) is 2.77. The first kappa shape index (κ1) is 15.3. The van der Waals surface area contributed by atoms with E-state index in [4.69, 9.17) is 9.26 Å². The zero-order valence-corrected chi connectivity index (χ0v) is 12.4. The molecule has 1 aromatic carbocycles. The van der Waals surface area contributed by atoms with E-state index >= 15 is 0 Å². The number of hydrogen-bond donors (Lipinski definition) is 1. The van der Waals surface area contributed by atoms with Crippen molar-refractivity contribution in [2.45, 2.75) is 20.3 Å². The number of hydrogen-bond acceptors (Lipinski definition) is 4. The lowest BCUT2D eigenvalue weighted by molar-refractivity contribution is 0.0908. The molecule has 21 heavy (non-hydrogen) atoms. The average molecular weight is 288 g/mol. The maximum atomic E-state index is 11.9. The molecule has 5 heteroatoms. The molecule has 1 amide bonds. The molecule has 5 nitrogen and oxygen atoms in total. The fourth-order valence-corrected chi connectivity index (χ4v) is 1.85. The van der Waals surface area contributed by atoms with Crippen molar-refractivity contribution in [3.05, 3.63) is 41.7 Å². The van der Waals surface area contributed by atoms with Gasteiger partial charge in [-0.25, -0.2) is 0 Å². The van der Waals surface area contributed by atoms with Crippen molar-refractivity contribution in [1.29, 1.82) is 0 Å². The zero-order valence-electron chi connectivity index (χ0n) is 12.4. The standard InChI is InChI=1S/C16H20N2O3/c1-3-20-10-4-9-17-16(19)15-11-14(18-21-15)13-7-5-12(2)6-8-13/h5-8,11H,3-4,9-10H2,1-2H3,(H,17,19). The van der Waals surface area contributed by atoms with E-state index in [1.165, 1.54) is 5.56 Å². The van der Waals surface area contributed by atoms with Crippen LogP contribution < -0.4 is 5.32 Å². The van der Waals surface area contributed by atoms with Crippen LogP contribution >= 0.6 is 0 Å². The van der Waals surface area contributed by atoms with Crippen molar-refractivity contribution >= 4 is 5.91 Å². The Morgan fingerprint density at radius 1 is 1.33 bits per heavy atom. The molecule has 1 aromatic heterocycles. The molecule has 0 aliphatic carbocycles. The fraction of sp³-hybridized carbons (Fsp3) is 0.375. The predicted molar refractivity (Wildman–Crippen MR) is 80.1 cm³/mol. The second-order valence-corrected chi connectivity index (χ2v) is 4.75. The molecule has 0 unspecified atom stereocenters. The molecule has 0 atom stereocenters. The van der Waals surface area contributed by atoms with Gasteiger partial charge >= 0.3 is 0 Å². The molecule has 0 radical (unpaired) electrons. The van der Waals surface area contributed by atoms with Gasteiger partial charge in [-0.15, -0.1) is 0 Å². The Labute approximate surface area is 124 Å². The lowest BCUT2D eigenvalue weighted by Gasteiger charge is -2.02. The summed E-state index contributed by atoms with van der Waals surface area (Å²) >= 11 is 0. The molecule has 0 aliphatic rings. The number of rotatable bonds is 7. The van der Waals surface area contributed by atoms with Crippen molar-refractivity contribution in [1.82, 2.24) is 10.5 Å². The van der Waals surface area contributed by atoms with Crippen molar-refractivity contribution < 1.29 is 14.1 Å². The Morgan fingerprint density at radius 3 is 2.81 bits per heavy atom. The summed E-state index contributed by atoms with van der Waals surface area (Å²) in [6.45, 7) is 5.85. The number of benzene rings is 1. The van der Waals surface area contributed by atoms with Crippen molar-refractivity contribution in [2.75, 3.05) is 19.8 Å². The first-order valence-corrected chi connectivity index (χ1v) is 7.10. The van der Waals surface area contributed by atoms with Gasteiger partial charge in [-0.1, -0.05) is 35.0 Å². The van der Waals surface area contributed by atoms with E-state index < -0.39 is 0 Å². The van der Waals surface area contributed by atoms with Crippen LogP contribution in [-0.4, -0.2) is 30.8 Å². The van der Waals surface area contributed by atoms with Gasteiger partial charge in [-0.05, 0) is 20.3 Å². The summed E-state index contributed by atoms with van der Waals surface area (Å²) in [6.07, 6.45) is 0.776. The first-order chi connectivity index (χ1) is 10.2. The third-order valence-corrected chi connectivity index (χ3v) is 3.04. The van der Waals surface area contributed by atoms with E-state index in [1.54, 1.807) is 6.07 Å². The second-order valence-electron chi connectivity index (χ2n) is 4.75. The van der Waals surface area contributed by atoms with Gasteiger partial charge in [0.1, 0.15) is 5.69 Å². The monoisotopic (exact) mass is 288 g/mol. The molecule has 2 rings (SSSR count). The third-order valence-electron chi connectivity index (χ3n) is 3.04. The third kappa shape index (κ3) is 4.43.